The lowest BCUT2D eigenvalue weighted by Gasteiger charge is -2.26. The van der Waals surface area contributed by atoms with Crippen LogP contribution in [0.4, 0.5) is 0 Å². The molecule has 0 fully saturated rings. The molecule has 10 nitrogen and oxygen atoms in total. The Bertz CT molecular complexity index is 1140. The Hall–Kier alpha value is -4.08. The van der Waals surface area contributed by atoms with E-state index < -0.39 is 53.4 Å². The number of esters is 1. The van der Waals surface area contributed by atoms with Gasteiger partial charge in [0.2, 0.25) is 17.6 Å². The fourth-order valence-corrected chi connectivity index (χ4v) is 4.17. The average Bonchev–Trinajstić information content (AvgIpc) is 2.93. The summed E-state index contributed by atoms with van der Waals surface area (Å²) < 4.78 is 5.37. The monoisotopic (exact) mass is 552 g/mol. The first kappa shape index (κ1) is 32.1. The van der Waals surface area contributed by atoms with Gasteiger partial charge in [0.15, 0.2) is 0 Å². The molecule has 216 valence electrons. The molecule has 10 heteroatoms. The van der Waals surface area contributed by atoms with Gasteiger partial charge in [0.05, 0.1) is 12.5 Å². The number of Topliss-reactive ketones (excluding diaryl/α,β-unsaturated/α-hetero) is 1. The number of ketones is 1. The number of hydrogen-bond donors (Lipinski definition) is 3. The number of carbonyl (C=O) groups is 5. The Morgan fingerprint density at radius 1 is 0.950 bits per heavy atom. The van der Waals surface area contributed by atoms with Gasteiger partial charge in [0, 0.05) is 24.7 Å². The predicted octanol–water partition coefficient (Wildman–Crippen LogP) is 2.49. The number of ether oxygens (including phenoxy) is 1. The molecule has 40 heavy (non-hydrogen) atoms. The number of carbonyl (C=O) groups excluding carboxylic acids is 5. The molecule has 0 aliphatic heterocycles. The number of benzene rings is 1. The van der Waals surface area contributed by atoms with Crippen molar-refractivity contribution in [1.82, 2.24) is 15.6 Å². The van der Waals surface area contributed by atoms with E-state index in [4.69, 9.17) is 10.5 Å². The summed E-state index contributed by atoms with van der Waals surface area (Å²) in [6, 6.07) is 10.3. The molecule has 2 rings (SSSR count). The van der Waals surface area contributed by atoms with Crippen molar-refractivity contribution in [3.8, 4) is 0 Å². The maximum absolute atomic E-state index is 13.3. The molecular formula is C30H40N4O6. The number of nitrogens with zero attached hydrogens (tertiary/aromatic N) is 1. The zero-order chi connectivity index (χ0) is 29.7. The topological polar surface area (TPSA) is 158 Å². The van der Waals surface area contributed by atoms with E-state index >= 15 is 0 Å². The maximum Gasteiger partial charge on any atom is 0.306 e. The molecular weight excluding hydrogens is 512 g/mol. The van der Waals surface area contributed by atoms with E-state index in [1.807, 2.05) is 51.1 Å². The van der Waals surface area contributed by atoms with Crippen LogP contribution in [-0.4, -0.2) is 46.5 Å². The van der Waals surface area contributed by atoms with E-state index in [9.17, 15) is 24.0 Å². The summed E-state index contributed by atoms with van der Waals surface area (Å²) in [5.41, 5.74) is 6.95. The van der Waals surface area contributed by atoms with Gasteiger partial charge in [-0.3, -0.25) is 29.0 Å². The van der Waals surface area contributed by atoms with Crippen LogP contribution in [0.15, 0.2) is 54.9 Å². The summed E-state index contributed by atoms with van der Waals surface area (Å²) in [7, 11) is 0. The predicted molar refractivity (Wildman–Crippen MR) is 149 cm³/mol. The third-order valence-corrected chi connectivity index (χ3v) is 6.61. The highest BCUT2D eigenvalue weighted by molar-refractivity contribution is 6.38. The number of aromatic nitrogens is 1. The lowest BCUT2D eigenvalue weighted by atomic mass is 9.90. The highest BCUT2D eigenvalue weighted by Crippen LogP contribution is 2.19. The number of nitrogens with one attached hydrogen (secondary N) is 2. The first-order valence-corrected chi connectivity index (χ1v) is 13.5. The van der Waals surface area contributed by atoms with Crippen LogP contribution >= 0.6 is 0 Å². The third-order valence-electron chi connectivity index (χ3n) is 6.61. The minimum atomic E-state index is -1.15. The standard InChI is InChI=1S/C30H40N4O6/c1-5-20(4)26(27(36)30(39)33-24(28(31)37)15-22-12-9-13-32-17-22)34-29(38)23(14-19(2)3)16-25(35)40-18-21-10-7-6-8-11-21/h6-13,17,19-20,23-24,26H,5,14-16,18H2,1-4H3,(H2,31,37)(H,33,39)(H,34,38)/t20-,23+,24-,26?/m0/s1. The Balaban J connectivity index is 2.10. The molecule has 4 N–H and O–H groups in total. The molecule has 3 amide bonds. The smallest absolute Gasteiger partial charge is 0.306 e. The van der Waals surface area contributed by atoms with Crippen molar-refractivity contribution >= 4 is 29.5 Å². The number of rotatable bonds is 16. The molecule has 0 bridgehead atoms. The number of amides is 3. The lowest BCUT2D eigenvalue weighted by Crippen LogP contribution is -2.55. The van der Waals surface area contributed by atoms with Gasteiger partial charge in [-0.15, -0.1) is 0 Å². The van der Waals surface area contributed by atoms with Crippen molar-refractivity contribution in [3.05, 3.63) is 66.0 Å². The van der Waals surface area contributed by atoms with E-state index in [-0.39, 0.29) is 25.4 Å². The quantitative estimate of drug-likeness (QED) is 0.213. The Morgan fingerprint density at radius 3 is 2.20 bits per heavy atom. The molecule has 1 aromatic heterocycles. The second-order valence-corrected chi connectivity index (χ2v) is 10.4. The van der Waals surface area contributed by atoms with Crippen molar-refractivity contribution in [3.63, 3.8) is 0 Å². The van der Waals surface area contributed by atoms with Crippen LogP contribution < -0.4 is 16.4 Å². The number of pyridine rings is 1. The molecule has 0 aliphatic carbocycles. The van der Waals surface area contributed by atoms with Gasteiger partial charge in [0.1, 0.15) is 12.6 Å². The summed E-state index contributed by atoms with van der Waals surface area (Å²) >= 11 is 0. The fraction of sp³-hybridized carbons (Fsp3) is 0.467. The van der Waals surface area contributed by atoms with Gasteiger partial charge >= 0.3 is 5.97 Å². The van der Waals surface area contributed by atoms with Crippen LogP contribution in [0, 0.1) is 17.8 Å². The molecule has 0 radical (unpaired) electrons. The van der Waals surface area contributed by atoms with E-state index in [0.29, 0.717) is 18.4 Å². The van der Waals surface area contributed by atoms with Crippen LogP contribution in [0.25, 0.3) is 0 Å². The zero-order valence-electron chi connectivity index (χ0n) is 23.6. The largest absolute Gasteiger partial charge is 0.461 e. The van der Waals surface area contributed by atoms with Gasteiger partial charge in [0.25, 0.3) is 5.91 Å². The lowest BCUT2D eigenvalue weighted by molar-refractivity contribution is -0.149. The first-order valence-electron chi connectivity index (χ1n) is 13.5. The first-order chi connectivity index (χ1) is 19.0. The van der Waals surface area contributed by atoms with Gasteiger partial charge in [-0.2, -0.15) is 0 Å². The van der Waals surface area contributed by atoms with Crippen molar-refractivity contribution in [2.45, 2.75) is 72.1 Å². The van der Waals surface area contributed by atoms with Crippen molar-refractivity contribution in [1.29, 1.82) is 0 Å². The second kappa shape index (κ2) is 16.1. The second-order valence-electron chi connectivity index (χ2n) is 10.4. The Morgan fingerprint density at radius 2 is 1.62 bits per heavy atom. The van der Waals surface area contributed by atoms with Crippen molar-refractivity contribution < 1.29 is 28.7 Å². The van der Waals surface area contributed by atoms with Gasteiger partial charge in [-0.25, -0.2) is 0 Å². The highest BCUT2D eigenvalue weighted by atomic mass is 16.5. The number of hydrogen-bond acceptors (Lipinski definition) is 7. The molecule has 1 aromatic carbocycles. The number of nitrogens with two attached hydrogens (primary N) is 1. The normalized spacial score (nSPS) is 13.9. The molecule has 0 aliphatic rings. The Kier molecular flexibility index (Phi) is 13.0. The summed E-state index contributed by atoms with van der Waals surface area (Å²) in [5, 5.41) is 5.11. The molecule has 1 unspecified atom stereocenters. The van der Waals surface area contributed by atoms with Crippen LogP contribution in [0.3, 0.4) is 0 Å². The van der Waals surface area contributed by atoms with Crippen LogP contribution in [0.2, 0.25) is 0 Å². The SMILES string of the molecule is CC[C@H](C)C(NC(=O)[C@@H](CC(=O)OCc1ccccc1)CC(C)C)C(=O)C(=O)N[C@@H](Cc1cccnc1)C(N)=O. The summed E-state index contributed by atoms with van der Waals surface area (Å²) in [5.74, 6) is -4.84. The molecule has 0 saturated carbocycles. The molecule has 1 heterocycles. The van der Waals surface area contributed by atoms with Gasteiger partial charge in [-0.05, 0) is 35.4 Å². The van der Waals surface area contributed by atoms with Crippen LogP contribution in [0.5, 0.6) is 0 Å². The van der Waals surface area contributed by atoms with Crippen molar-refractivity contribution in [2.75, 3.05) is 0 Å². The van der Waals surface area contributed by atoms with Gasteiger partial charge in [-0.1, -0.05) is 70.5 Å². The van der Waals surface area contributed by atoms with E-state index in [1.54, 1.807) is 25.3 Å². The summed E-state index contributed by atoms with van der Waals surface area (Å²) in [4.78, 5) is 68.1. The van der Waals surface area contributed by atoms with Crippen molar-refractivity contribution in [2.24, 2.45) is 23.5 Å². The number of primary amides is 1. The van der Waals surface area contributed by atoms with Crippen LogP contribution in [0.1, 0.15) is 58.1 Å². The molecule has 4 atom stereocenters. The van der Waals surface area contributed by atoms with E-state index in [0.717, 1.165) is 5.56 Å². The average molecular weight is 553 g/mol. The minimum Gasteiger partial charge on any atom is -0.461 e. The molecule has 2 aromatic rings. The molecule has 0 saturated heterocycles. The zero-order valence-corrected chi connectivity index (χ0v) is 23.6. The van der Waals surface area contributed by atoms with Crippen LogP contribution in [-0.2, 0) is 41.7 Å². The van der Waals surface area contributed by atoms with Gasteiger partial charge < -0.3 is 21.1 Å². The minimum absolute atomic E-state index is 0.0596. The van der Waals surface area contributed by atoms with E-state index in [2.05, 4.69) is 15.6 Å². The van der Waals surface area contributed by atoms with E-state index in [1.165, 1.54) is 6.20 Å². The molecule has 0 spiro atoms. The maximum atomic E-state index is 13.3. The fourth-order valence-electron chi connectivity index (χ4n) is 4.17. The highest BCUT2D eigenvalue weighted by Gasteiger charge is 2.35. The third kappa shape index (κ3) is 10.6. The summed E-state index contributed by atoms with van der Waals surface area (Å²) in [6.07, 6.45) is 3.87. The Labute approximate surface area is 235 Å². The summed E-state index contributed by atoms with van der Waals surface area (Å²) in [6.45, 7) is 7.50.